The van der Waals surface area contributed by atoms with Crippen LogP contribution in [0.2, 0.25) is 5.02 Å². The van der Waals surface area contributed by atoms with Gasteiger partial charge in [0.2, 0.25) is 11.9 Å². The Hall–Kier alpha value is -2.93. The van der Waals surface area contributed by atoms with E-state index in [0.717, 1.165) is 6.20 Å². The van der Waals surface area contributed by atoms with Crippen molar-refractivity contribution in [1.29, 1.82) is 0 Å². The molecule has 14 heteroatoms. The lowest BCUT2D eigenvalue weighted by atomic mass is 10.1. The third-order valence-corrected chi connectivity index (χ3v) is 5.84. The van der Waals surface area contributed by atoms with Crippen molar-refractivity contribution in [3.8, 4) is 5.75 Å². The number of H-pyrrole nitrogens is 1. The molecule has 10 nitrogen and oxygen atoms in total. The van der Waals surface area contributed by atoms with Crippen molar-refractivity contribution in [2.45, 2.75) is 37.6 Å². The fourth-order valence-corrected chi connectivity index (χ4v) is 4.04. The number of nitrogens with one attached hydrogen (secondary N) is 1. The maximum absolute atomic E-state index is 13.1. The first-order valence-electron chi connectivity index (χ1n) is 10.6. The lowest BCUT2D eigenvalue weighted by molar-refractivity contribution is -0.141. The van der Waals surface area contributed by atoms with E-state index in [1.54, 1.807) is 10.00 Å². The molecule has 4 rings (SSSR count). The number of aromatic amines is 1. The van der Waals surface area contributed by atoms with Crippen LogP contribution < -0.4 is 15.2 Å². The van der Waals surface area contributed by atoms with Crippen molar-refractivity contribution in [2.24, 2.45) is 0 Å². The zero-order valence-electron chi connectivity index (χ0n) is 17.9. The number of hydrogen-bond acceptors (Lipinski definition) is 8. The summed E-state index contributed by atoms with van der Waals surface area (Å²) >= 11 is 5.81. The number of carbonyl (C=O) groups is 1. The van der Waals surface area contributed by atoms with E-state index in [-0.39, 0.29) is 25.0 Å². The van der Waals surface area contributed by atoms with Gasteiger partial charge in [-0.2, -0.15) is 18.3 Å². The second-order valence-electron chi connectivity index (χ2n) is 7.98. The van der Waals surface area contributed by atoms with Crippen molar-refractivity contribution in [1.82, 2.24) is 25.1 Å². The van der Waals surface area contributed by atoms with Crippen molar-refractivity contribution in [3.63, 3.8) is 0 Å². The van der Waals surface area contributed by atoms with Gasteiger partial charge in [0.15, 0.2) is 11.3 Å². The minimum atomic E-state index is -4.87. The van der Waals surface area contributed by atoms with Gasteiger partial charge in [0, 0.05) is 26.2 Å². The van der Waals surface area contributed by atoms with Gasteiger partial charge >= 0.3 is 6.18 Å². The summed E-state index contributed by atoms with van der Waals surface area (Å²) in [4.78, 5) is 36.3. The Bertz CT molecular complexity index is 1060. The minimum absolute atomic E-state index is 0.0543. The molecule has 1 N–H and O–H groups in total. The van der Waals surface area contributed by atoms with Crippen molar-refractivity contribution in [2.75, 3.05) is 37.7 Å². The van der Waals surface area contributed by atoms with E-state index in [2.05, 4.69) is 15.1 Å². The Morgan fingerprint density at radius 3 is 2.50 bits per heavy atom. The molecule has 0 unspecified atom stereocenters. The molecule has 0 aliphatic carbocycles. The van der Waals surface area contributed by atoms with Gasteiger partial charge in [-0.15, -0.1) is 0 Å². The van der Waals surface area contributed by atoms with E-state index in [4.69, 9.17) is 21.1 Å². The van der Waals surface area contributed by atoms with E-state index in [1.807, 2.05) is 4.90 Å². The van der Waals surface area contributed by atoms with Crippen molar-refractivity contribution in [3.05, 3.63) is 39.5 Å². The molecular formula is C20H22ClF3N6O4. The number of amides is 1. The summed E-state index contributed by atoms with van der Waals surface area (Å²) in [6.07, 6.45) is -0.569. The highest BCUT2D eigenvalue weighted by atomic mass is 35.5. The minimum Gasteiger partial charge on any atom is -0.488 e. The predicted molar refractivity (Wildman–Crippen MR) is 114 cm³/mol. The maximum Gasteiger partial charge on any atom is 0.425 e. The van der Waals surface area contributed by atoms with E-state index in [9.17, 15) is 22.8 Å². The summed E-state index contributed by atoms with van der Waals surface area (Å²) in [5.41, 5.74) is -2.81. The Labute approximate surface area is 197 Å². The second kappa shape index (κ2) is 10.1. The zero-order chi connectivity index (χ0) is 24.3. The topological polar surface area (TPSA) is 114 Å². The molecule has 2 fully saturated rings. The highest BCUT2D eigenvalue weighted by molar-refractivity contribution is 6.30. The molecule has 184 valence electrons. The summed E-state index contributed by atoms with van der Waals surface area (Å²) < 4.78 is 50.3. The van der Waals surface area contributed by atoms with Gasteiger partial charge in [0.05, 0.1) is 42.2 Å². The fourth-order valence-electron chi connectivity index (χ4n) is 3.94. The highest BCUT2D eigenvalue weighted by Crippen LogP contribution is 2.33. The van der Waals surface area contributed by atoms with Crippen LogP contribution in [-0.4, -0.2) is 76.0 Å². The third-order valence-electron chi connectivity index (χ3n) is 5.65. The number of aromatic nitrogens is 4. The molecule has 2 aromatic rings. The van der Waals surface area contributed by atoms with Crippen LogP contribution in [0.1, 0.15) is 24.8 Å². The SMILES string of the molecule is O=C(C[C@@H]1CC[C@H](COc2cn[nH]c(=O)c2C(F)(F)F)O1)N1CCN(c2ncc(Cl)cn2)CC1. The largest absolute Gasteiger partial charge is 0.488 e. The second-order valence-corrected chi connectivity index (χ2v) is 8.41. The fraction of sp³-hybridized carbons (Fsp3) is 0.550. The van der Waals surface area contributed by atoms with E-state index < -0.39 is 29.2 Å². The Balaban J connectivity index is 1.23. The van der Waals surface area contributed by atoms with Crippen LogP contribution in [-0.2, 0) is 15.7 Å². The van der Waals surface area contributed by atoms with Crippen LogP contribution in [0.5, 0.6) is 5.75 Å². The summed E-state index contributed by atoms with van der Waals surface area (Å²) in [5, 5.41) is 5.57. The van der Waals surface area contributed by atoms with E-state index in [1.165, 1.54) is 12.4 Å². The van der Waals surface area contributed by atoms with Crippen LogP contribution in [0.25, 0.3) is 0 Å². The number of alkyl halides is 3. The molecular weight excluding hydrogens is 481 g/mol. The summed E-state index contributed by atoms with van der Waals surface area (Å²) in [6, 6.07) is 0. The molecule has 2 aliphatic heterocycles. The van der Waals surface area contributed by atoms with Crippen LogP contribution >= 0.6 is 11.6 Å². The van der Waals surface area contributed by atoms with Gasteiger partial charge in [0.1, 0.15) is 6.61 Å². The first-order chi connectivity index (χ1) is 16.2. The average molecular weight is 503 g/mol. The summed E-state index contributed by atoms with van der Waals surface area (Å²) in [5.74, 6) is -0.147. The number of halogens is 4. The van der Waals surface area contributed by atoms with Gasteiger partial charge < -0.3 is 19.3 Å². The van der Waals surface area contributed by atoms with Crippen LogP contribution in [0.3, 0.4) is 0 Å². The van der Waals surface area contributed by atoms with Gasteiger partial charge in [-0.25, -0.2) is 15.1 Å². The van der Waals surface area contributed by atoms with Crippen molar-refractivity contribution >= 4 is 23.5 Å². The standard InChI is InChI=1S/C20H22ClF3N6O4/c21-12-8-25-19(26-9-12)30-5-3-29(4-6-30)16(31)7-13-1-2-14(34-13)11-33-15-10-27-28-18(32)17(15)20(22,23)24/h8-10,13-14H,1-7,11H2,(H,28,32)/t13-,14+/m0/s1. The first-order valence-corrected chi connectivity index (χ1v) is 11.0. The first kappa shape index (κ1) is 24.2. The molecule has 2 aliphatic rings. The maximum atomic E-state index is 13.1. The van der Waals surface area contributed by atoms with Gasteiger partial charge in [-0.1, -0.05) is 11.6 Å². The number of nitrogens with zero attached hydrogens (tertiary/aromatic N) is 5. The average Bonchev–Trinajstić information content (AvgIpc) is 3.24. The Morgan fingerprint density at radius 2 is 1.82 bits per heavy atom. The number of carbonyl (C=O) groups excluding carboxylic acids is 1. The van der Waals surface area contributed by atoms with E-state index >= 15 is 0 Å². The molecule has 34 heavy (non-hydrogen) atoms. The predicted octanol–water partition coefficient (Wildman–Crippen LogP) is 1.90. The number of anilines is 1. The zero-order valence-corrected chi connectivity index (χ0v) is 18.7. The number of ether oxygens (including phenoxy) is 2. The normalized spacial score (nSPS) is 21.1. The molecule has 0 saturated carbocycles. The molecule has 2 aromatic heterocycles. The van der Waals surface area contributed by atoms with Crippen LogP contribution in [0.4, 0.5) is 19.1 Å². The summed E-state index contributed by atoms with van der Waals surface area (Å²) in [7, 11) is 0. The van der Waals surface area contributed by atoms with Crippen LogP contribution in [0.15, 0.2) is 23.4 Å². The number of rotatable bonds is 6. The smallest absolute Gasteiger partial charge is 0.425 e. The molecule has 0 bridgehead atoms. The molecule has 0 radical (unpaired) electrons. The van der Waals surface area contributed by atoms with Gasteiger partial charge in [-0.3, -0.25) is 9.59 Å². The van der Waals surface area contributed by atoms with Gasteiger partial charge in [0.25, 0.3) is 5.56 Å². The molecule has 1 amide bonds. The quantitative estimate of drug-likeness (QED) is 0.637. The van der Waals surface area contributed by atoms with Crippen molar-refractivity contribution < 1.29 is 27.4 Å². The monoisotopic (exact) mass is 502 g/mol. The number of hydrogen-bond donors (Lipinski definition) is 1. The Kier molecular flexibility index (Phi) is 7.22. The third kappa shape index (κ3) is 5.76. The number of piperazine rings is 1. The van der Waals surface area contributed by atoms with Gasteiger partial charge in [-0.05, 0) is 12.8 Å². The molecule has 4 heterocycles. The lowest BCUT2D eigenvalue weighted by Crippen LogP contribution is -2.49. The molecule has 0 aromatic carbocycles. The highest BCUT2D eigenvalue weighted by Gasteiger charge is 2.39. The van der Waals surface area contributed by atoms with Crippen LogP contribution in [0, 0.1) is 0 Å². The summed E-state index contributed by atoms with van der Waals surface area (Å²) in [6.45, 7) is 2.01. The molecule has 2 saturated heterocycles. The Morgan fingerprint density at radius 1 is 1.15 bits per heavy atom. The molecule has 0 spiro atoms. The van der Waals surface area contributed by atoms with E-state index in [0.29, 0.717) is 50.0 Å². The molecule has 2 atom stereocenters. The lowest BCUT2D eigenvalue weighted by Gasteiger charge is -2.35.